The van der Waals surface area contributed by atoms with Crippen molar-refractivity contribution in [3.05, 3.63) is 69.1 Å². The molecule has 3 aromatic rings. The minimum Gasteiger partial charge on any atom is -0.486 e. The SMILES string of the molecule is Cc1ccc(OCc2nc(CC(=O)N3CCSc4ccc(Cl)cc43)cs2)cc1. The Kier molecular flexibility index (Phi) is 5.90. The summed E-state index contributed by atoms with van der Waals surface area (Å²) in [5.74, 6) is 1.74. The van der Waals surface area contributed by atoms with Gasteiger partial charge >= 0.3 is 0 Å². The van der Waals surface area contributed by atoms with E-state index in [2.05, 4.69) is 4.98 Å². The van der Waals surface area contributed by atoms with Crippen LogP contribution in [0.25, 0.3) is 0 Å². The number of ether oxygens (including phenoxy) is 1. The van der Waals surface area contributed by atoms with Crippen molar-refractivity contribution in [1.82, 2.24) is 4.98 Å². The van der Waals surface area contributed by atoms with E-state index in [1.807, 2.05) is 59.7 Å². The predicted molar refractivity (Wildman–Crippen MR) is 116 cm³/mol. The average Bonchev–Trinajstić information content (AvgIpc) is 3.14. The molecule has 4 rings (SSSR count). The lowest BCUT2D eigenvalue weighted by Crippen LogP contribution is -2.36. The van der Waals surface area contributed by atoms with E-state index in [1.54, 1.807) is 11.8 Å². The van der Waals surface area contributed by atoms with Gasteiger partial charge in [-0.3, -0.25) is 4.79 Å². The summed E-state index contributed by atoms with van der Waals surface area (Å²) in [6.07, 6.45) is 0.275. The first kappa shape index (κ1) is 19.3. The van der Waals surface area contributed by atoms with Crippen molar-refractivity contribution in [2.24, 2.45) is 0 Å². The van der Waals surface area contributed by atoms with Crippen LogP contribution in [0.5, 0.6) is 5.75 Å². The molecule has 0 aliphatic carbocycles. The van der Waals surface area contributed by atoms with Crippen molar-refractivity contribution in [2.75, 3.05) is 17.2 Å². The molecule has 2 heterocycles. The molecule has 0 unspecified atom stereocenters. The van der Waals surface area contributed by atoms with Gasteiger partial charge in [0.05, 0.1) is 17.8 Å². The molecule has 7 heteroatoms. The summed E-state index contributed by atoms with van der Waals surface area (Å²) < 4.78 is 5.78. The highest BCUT2D eigenvalue weighted by Gasteiger charge is 2.24. The lowest BCUT2D eigenvalue weighted by Gasteiger charge is -2.29. The number of carbonyl (C=O) groups is 1. The van der Waals surface area contributed by atoms with Gasteiger partial charge in [0.15, 0.2) is 0 Å². The molecule has 0 atom stereocenters. The molecule has 144 valence electrons. The van der Waals surface area contributed by atoms with Crippen LogP contribution >= 0.6 is 34.7 Å². The van der Waals surface area contributed by atoms with Crippen LogP contribution in [0.2, 0.25) is 5.02 Å². The fourth-order valence-corrected chi connectivity index (χ4v) is 4.82. The van der Waals surface area contributed by atoms with Crippen LogP contribution in [0.4, 0.5) is 5.69 Å². The van der Waals surface area contributed by atoms with E-state index >= 15 is 0 Å². The Morgan fingerprint density at radius 2 is 2.07 bits per heavy atom. The van der Waals surface area contributed by atoms with E-state index in [9.17, 15) is 4.79 Å². The normalized spacial score (nSPS) is 13.3. The standard InChI is InChI=1S/C21H19ClN2O2S2/c1-14-2-5-17(6-3-14)26-12-20-23-16(13-28-20)11-21(25)24-8-9-27-19-7-4-15(22)10-18(19)24/h2-7,10,13H,8-9,11-12H2,1H3. The first-order valence-electron chi connectivity index (χ1n) is 8.94. The fourth-order valence-electron chi connectivity index (χ4n) is 2.98. The van der Waals surface area contributed by atoms with Gasteiger partial charge < -0.3 is 9.64 Å². The summed E-state index contributed by atoms with van der Waals surface area (Å²) >= 11 is 9.40. The van der Waals surface area contributed by atoms with Crippen molar-refractivity contribution in [3.63, 3.8) is 0 Å². The number of anilines is 1. The number of benzene rings is 2. The van der Waals surface area contributed by atoms with E-state index in [0.29, 0.717) is 18.2 Å². The smallest absolute Gasteiger partial charge is 0.233 e. The zero-order valence-corrected chi connectivity index (χ0v) is 17.7. The molecule has 0 saturated heterocycles. The second-order valence-corrected chi connectivity index (χ2v) is 9.03. The van der Waals surface area contributed by atoms with E-state index in [1.165, 1.54) is 16.9 Å². The van der Waals surface area contributed by atoms with E-state index < -0.39 is 0 Å². The third kappa shape index (κ3) is 4.51. The molecule has 0 fully saturated rings. The Balaban J connectivity index is 1.39. The number of nitrogens with zero attached hydrogens (tertiary/aromatic N) is 2. The van der Waals surface area contributed by atoms with Gasteiger partial charge in [-0.2, -0.15) is 0 Å². The van der Waals surface area contributed by atoms with Crippen molar-refractivity contribution < 1.29 is 9.53 Å². The minimum absolute atomic E-state index is 0.0418. The number of hydrogen-bond acceptors (Lipinski definition) is 5. The van der Waals surface area contributed by atoms with Crippen LogP contribution in [0.1, 0.15) is 16.3 Å². The molecule has 2 aromatic carbocycles. The van der Waals surface area contributed by atoms with Gasteiger partial charge in [-0.25, -0.2) is 4.98 Å². The minimum atomic E-state index is 0.0418. The summed E-state index contributed by atoms with van der Waals surface area (Å²) in [4.78, 5) is 20.3. The van der Waals surface area contributed by atoms with Gasteiger partial charge in [0.1, 0.15) is 17.4 Å². The topological polar surface area (TPSA) is 42.4 Å². The first-order valence-corrected chi connectivity index (χ1v) is 11.2. The molecule has 1 amide bonds. The number of aryl methyl sites for hydroxylation is 1. The summed E-state index contributed by atoms with van der Waals surface area (Å²) in [5, 5.41) is 3.44. The fraction of sp³-hybridized carbons (Fsp3) is 0.238. The van der Waals surface area contributed by atoms with E-state index in [-0.39, 0.29) is 12.3 Å². The predicted octanol–water partition coefficient (Wildman–Crippen LogP) is 5.37. The number of thiazole rings is 1. The third-order valence-corrected chi connectivity index (χ3v) is 6.55. The Hall–Kier alpha value is -2.02. The highest BCUT2D eigenvalue weighted by molar-refractivity contribution is 7.99. The molecule has 0 saturated carbocycles. The molecule has 0 radical (unpaired) electrons. The molecule has 1 aliphatic rings. The largest absolute Gasteiger partial charge is 0.486 e. The number of thioether (sulfide) groups is 1. The van der Waals surface area contributed by atoms with Crippen LogP contribution < -0.4 is 9.64 Å². The summed E-state index contributed by atoms with van der Waals surface area (Å²) in [6.45, 7) is 3.13. The Bertz CT molecular complexity index is 988. The van der Waals surface area contributed by atoms with Crippen molar-refractivity contribution in [3.8, 4) is 5.75 Å². The number of fused-ring (bicyclic) bond motifs is 1. The summed E-state index contributed by atoms with van der Waals surface area (Å²) in [7, 11) is 0. The number of halogens is 1. The van der Waals surface area contributed by atoms with Crippen molar-refractivity contribution in [2.45, 2.75) is 24.8 Å². The number of carbonyl (C=O) groups excluding carboxylic acids is 1. The maximum atomic E-state index is 12.9. The maximum Gasteiger partial charge on any atom is 0.233 e. The third-order valence-electron chi connectivity index (χ3n) is 4.40. The molecule has 4 nitrogen and oxygen atoms in total. The lowest BCUT2D eigenvalue weighted by atomic mass is 10.2. The van der Waals surface area contributed by atoms with Crippen molar-refractivity contribution in [1.29, 1.82) is 0 Å². The molecular weight excluding hydrogens is 412 g/mol. The molecule has 1 aliphatic heterocycles. The molecule has 28 heavy (non-hydrogen) atoms. The van der Waals surface area contributed by atoms with Gasteiger partial charge in [-0.15, -0.1) is 23.1 Å². The van der Waals surface area contributed by atoms with Crippen LogP contribution in [0.15, 0.2) is 52.7 Å². The number of aromatic nitrogens is 1. The molecule has 0 spiro atoms. The quantitative estimate of drug-likeness (QED) is 0.546. The average molecular weight is 431 g/mol. The van der Waals surface area contributed by atoms with Gasteiger partial charge in [-0.05, 0) is 37.3 Å². The van der Waals surface area contributed by atoms with E-state index in [0.717, 1.165) is 32.8 Å². The van der Waals surface area contributed by atoms with Crippen LogP contribution in [-0.4, -0.2) is 23.2 Å². The zero-order chi connectivity index (χ0) is 19.5. The van der Waals surface area contributed by atoms with Crippen molar-refractivity contribution >= 4 is 46.3 Å². The zero-order valence-electron chi connectivity index (χ0n) is 15.4. The maximum absolute atomic E-state index is 12.9. The Morgan fingerprint density at radius 3 is 2.89 bits per heavy atom. The lowest BCUT2D eigenvalue weighted by molar-refractivity contribution is -0.118. The van der Waals surface area contributed by atoms with Gasteiger partial charge in [-0.1, -0.05) is 29.3 Å². The molecule has 1 aromatic heterocycles. The molecule has 0 bridgehead atoms. The molecular formula is C21H19ClN2O2S2. The van der Waals surface area contributed by atoms with Crippen LogP contribution in [-0.2, 0) is 17.8 Å². The number of hydrogen-bond donors (Lipinski definition) is 0. The first-order chi connectivity index (χ1) is 13.6. The highest BCUT2D eigenvalue weighted by Crippen LogP contribution is 2.36. The monoisotopic (exact) mass is 430 g/mol. The summed E-state index contributed by atoms with van der Waals surface area (Å²) in [6, 6.07) is 13.6. The van der Waals surface area contributed by atoms with Crippen LogP contribution in [0.3, 0.4) is 0 Å². The highest BCUT2D eigenvalue weighted by atomic mass is 35.5. The van der Waals surface area contributed by atoms with Gasteiger partial charge in [0.2, 0.25) is 5.91 Å². The van der Waals surface area contributed by atoms with Gasteiger partial charge in [0.25, 0.3) is 0 Å². The van der Waals surface area contributed by atoms with E-state index in [4.69, 9.17) is 16.3 Å². The van der Waals surface area contributed by atoms with Gasteiger partial charge in [0, 0.05) is 27.6 Å². The second kappa shape index (κ2) is 8.55. The van der Waals surface area contributed by atoms with Crippen LogP contribution in [0, 0.1) is 6.92 Å². The Morgan fingerprint density at radius 1 is 1.25 bits per heavy atom. The second-order valence-electron chi connectivity index (χ2n) is 6.52. The number of amides is 1. The Labute approximate surface area is 177 Å². The molecule has 0 N–H and O–H groups in total. The summed E-state index contributed by atoms with van der Waals surface area (Å²) in [5.41, 5.74) is 2.87. The number of rotatable bonds is 5.